The van der Waals surface area contributed by atoms with Gasteiger partial charge in [-0.2, -0.15) is 16.2 Å². The van der Waals surface area contributed by atoms with E-state index in [0.29, 0.717) is 11.5 Å². The lowest BCUT2D eigenvalue weighted by atomic mass is 10.2. The van der Waals surface area contributed by atoms with E-state index >= 15 is 0 Å². The topological polar surface area (TPSA) is 67.3 Å². The molecule has 0 spiro atoms. The molecule has 0 saturated carbocycles. The molecule has 1 aromatic heterocycles. The van der Waals surface area contributed by atoms with Gasteiger partial charge in [-0.1, -0.05) is 0 Å². The van der Waals surface area contributed by atoms with Crippen molar-refractivity contribution in [1.82, 2.24) is 9.88 Å². The number of carbonyl (C=O) groups is 1. The average Bonchev–Trinajstić information content (AvgIpc) is 2.37. The molecule has 0 aliphatic carbocycles. The van der Waals surface area contributed by atoms with Gasteiger partial charge in [0.2, 0.25) is 5.95 Å². The Morgan fingerprint density at radius 2 is 2.32 bits per heavy atom. The number of rotatable bonds is 2. The van der Waals surface area contributed by atoms with Gasteiger partial charge in [-0.3, -0.25) is 4.79 Å². The highest BCUT2D eigenvalue weighted by Crippen LogP contribution is 2.22. The number of amides is 1. The van der Waals surface area contributed by atoms with Gasteiger partial charge in [-0.15, -0.1) is 0 Å². The third kappa shape index (κ3) is 3.06. The molecule has 1 aliphatic rings. The normalized spacial score (nSPS) is 20.3. The van der Waals surface area contributed by atoms with E-state index in [0.717, 1.165) is 6.26 Å². The Balaban J connectivity index is 2.34. The second-order valence-corrected chi connectivity index (χ2v) is 7.55. The van der Waals surface area contributed by atoms with Crippen LogP contribution in [0.2, 0.25) is 0 Å². The predicted molar refractivity (Wildman–Crippen MR) is 71.2 cm³/mol. The Kier molecular flexibility index (Phi) is 4.10. The maximum Gasteiger partial charge on any atom is 0.259 e. The number of thioether (sulfide) groups is 1. The van der Waals surface area contributed by atoms with Crippen LogP contribution < -0.4 is 0 Å². The van der Waals surface area contributed by atoms with Crippen molar-refractivity contribution in [2.45, 2.75) is 5.37 Å². The number of hydrogen-bond acceptors (Lipinski definition) is 5. The quantitative estimate of drug-likeness (QED) is 0.755. The SMILES string of the molecule is CS(=O)(=O)C1CSCCN1C(=O)c1cccnc1F. The van der Waals surface area contributed by atoms with Crippen molar-refractivity contribution in [2.24, 2.45) is 0 Å². The summed E-state index contributed by atoms with van der Waals surface area (Å²) in [6.45, 7) is 0.287. The van der Waals surface area contributed by atoms with Crippen molar-refractivity contribution < 1.29 is 17.6 Å². The Labute approximate surface area is 115 Å². The van der Waals surface area contributed by atoms with E-state index in [1.54, 1.807) is 0 Å². The molecule has 1 amide bonds. The summed E-state index contributed by atoms with van der Waals surface area (Å²) in [6, 6.07) is 2.76. The van der Waals surface area contributed by atoms with Gasteiger partial charge in [0.25, 0.3) is 5.91 Å². The zero-order chi connectivity index (χ0) is 14.0. The van der Waals surface area contributed by atoms with Gasteiger partial charge in [0.05, 0.1) is 5.56 Å². The highest BCUT2D eigenvalue weighted by molar-refractivity contribution is 8.00. The third-order valence-electron chi connectivity index (χ3n) is 2.83. The van der Waals surface area contributed by atoms with E-state index in [4.69, 9.17) is 0 Å². The van der Waals surface area contributed by atoms with Crippen molar-refractivity contribution in [3.8, 4) is 0 Å². The molecule has 1 fully saturated rings. The predicted octanol–water partition coefficient (Wildman–Crippen LogP) is 0.780. The lowest BCUT2D eigenvalue weighted by Gasteiger charge is -2.34. The van der Waals surface area contributed by atoms with Gasteiger partial charge in [0.15, 0.2) is 9.84 Å². The Morgan fingerprint density at radius 1 is 1.58 bits per heavy atom. The standard InChI is InChI=1S/C11H13FN2O3S2/c1-19(16,17)9-7-18-6-5-14(9)11(15)8-3-2-4-13-10(8)12/h2-4,9H,5-7H2,1H3. The summed E-state index contributed by atoms with van der Waals surface area (Å²) in [7, 11) is -3.40. The molecule has 0 aromatic carbocycles. The molecular weight excluding hydrogens is 291 g/mol. The van der Waals surface area contributed by atoms with Gasteiger partial charge in [0.1, 0.15) is 5.37 Å². The van der Waals surface area contributed by atoms with E-state index in [1.165, 1.54) is 35.0 Å². The lowest BCUT2D eigenvalue weighted by Crippen LogP contribution is -2.50. The van der Waals surface area contributed by atoms with E-state index in [1.807, 2.05) is 0 Å². The van der Waals surface area contributed by atoms with Crippen molar-refractivity contribution in [2.75, 3.05) is 24.3 Å². The molecule has 1 saturated heterocycles. The van der Waals surface area contributed by atoms with Crippen LogP contribution in [-0.4, -0.2) is 53.9 Å². The molecule has 1 aromatic rings. The molecule has 1 unspecified atom stereocenters. The number of sulfone groups is 1. The smallest absolute Gasteiger partial charge is 0.259 e. The molecule has 104 valence electrons. The van der Waals surface area contributed by atoms with E-state index in [-0.39, 0.29) is 12.1 Å². The van der Waals surface area contributed by atoms with Crippen LogP contribution in [0.1, 0.15) is 10.4 Å². The van der Waals surface area contributed by atoms with E-state index in [2.05, 4.69) is 4.98 Å². The van der Waals surface area contributed by atoms with Crippen LogP contribution in [0.4, 0.5) is 4.39 Å². The minimum Gasteiger partial charge on any atom is -0.320 e. The van der Waals surface area contributed by atoms with Crippen LogP contribution >= 0.6 is 11.8 Å². The molecule has 1 atom stereocenters. The number of hydrogen-bond donors (Lipinski definition) is 0. The number of aromatic nitrogens is 1. The molecule has 2 heterocycles. The molecule has 8 heteroatoms. The van der Waals surface area contributed by atoms with Crippen molar-refractivity contribution in [1.29, 1.82) is 0 Å². The number of pyridine rings is 1. The Morgan fingerprint density at radius 3 is 2.95 bits per heavy atom. The highest BCUT2D eigenvalue weighted by Gasteiger charge is 2.35. The van der Waals surface area contributed by atoms with Crippen LogP contribution in [-0.2, 0) is 9.84 Å². The van der Waals surface area contributed by atoms with Crippen LogP contribution in [0.25, 0.3) is 0 Å². The molecule has 1 aliphatic heterocycles. The molecule has 2 rings (SSSR count). The molecular formula is C11H13FN2O3S2. The van der Waals surface area contributed by atoms with Crippen LogP contribution in [0.5, 0.6) is 0 Å². The molecule has 0 bridgehead atoms. The first-order chi connectivity index (χ1) is 8.91. The van der Waals surface area contributed by atoms with Gasteiger partial charge in [-0.25, -0.2) is 13.4 Å². The van der Waals surface area contributed by atoms with Gasteiger partial charge >= 0.3 is 0 Å². The van der Waals surface area contributed by atoms with E-state index in [9.17, 15) is 17.6 Å². The summed E-state index contributed by atoms with van der Waals surface area (Å²) in [4.78, 5) is 16.9. The van der Waals surface area contributed by atoms with Gasteiger partial charge in [0, 0.05) is 30.5 Å². The lowest BCUT2D eigenvalue weighted by molar-refractivity contribution is 0.0744. The van der Waals surface area contributed by atoms with Crippen LogP contribution in [0, 0.1) is 5.95 Å². The third-order valence-corrected chi connectivity index (χ3v) is 5.47. The number of nitrogens with zero attached hydrogens (tertiary/aromatic N) is 2. The molecule has 0 N–H and O–H groups in total. The minimum absolute atomic E-state index is 0.192. The van der Waals surface area contributed by atoms with Gasteiger partial charge < -0.3 is 4.90 Å². The molecule has 19 heavy (non-hydrogen) atoms. The zero-order valence-electron chi connectivity index (χ0n) is 10.2. The molecule has 5 nitrogen and oxygen atoms in total. The first-order valence-corrected chi connectivity index (χ1v) is 8.70. The maximum atomic E-state index is 13.5. The van der Waals surface area contributed by atoms with Crippen molar-refractivity contribution in [3.63, 3.8) is 0 Å². The Hall–Kier alpha value is -1.15. The highest BCUT2D eigenvalue weighted by atomic mass is 32.2. The average molecular weight is 304 g/mol. The summed E-state index contributed by atoms with van der Waals surface area (Å²) >= 11 is 1.47. The number of carbonyl (C=O) groups excluding carboxylic acids is 1. The van der Waals surface area contributed by atoms with Crippen molar-refractivity contribution in [3.05, 3.63) is 29.8 Å². The van der Waals surface area contributed by atoms with Crippen LogP contribution in [0.15, 0.2) is 18.3 Å². The maximum absolute atomic E-state index is 13.5. The molecule has 0 radical (unpaired) electrons. The zero-order valence-corrected chi connectivity index (χ0v) is 11.9. The monoisotopic (exact) mass is 304 g/mol. The fraction of sp³-hybridized carbons (Fsp3) is 0.455. The first kappa shape index (κ1) is 14.3. The summed E-state index contributed by atoms with van der Waals surface area (Å²) in [6.07, 6.45) is 2.33. The summed E-state index contributed by atoms with van der Waals surface area (Å²) in [5.41, 5.74) is -0.192. The summed E-state index contributed by atoms with van der Waals surface area (Å²) < 4.78 is 36.9. The largest absolute Gasteiger partial charge is 0.320 e. The minimum atomic E-state index is -3.40. The fourth-order valence-electron chi connectivity index (χ4n) is 1.87. The summed E-state index contributed by atoms with van der Waals surface area (Å²) in [5.74, 6) is -0.550. The fourth-order valence-corrected chi connectivity index (χ4v) is 4.68. The summed E-state index contributed by atoms with van der Waals surface area (Å²) in [5, 5.41) is -0.904. The van der Waals surface area contributed by atoms with Crippen LogP contribution in [0.3, 0.4) is 0 Å². The number of halogens is 1. The first-order valence-electron chi connectivity index (χ1n) is 5.59. The van der Waals surface area contributed by atoms with E-state index < -0.39 is 27.1 Å². The Bertz CT molecular complexity index is 591. The second-order valence-electron chi connectivity index (χ2n) is 4.20. The van der Waals surface area contributed by atoms with Gasteiger partial charge in [-0.05, 0) is 12.1 Å². The van der Waals surface area contributed by atoms with Crippen molar-refractivity contribution >= 4 is 27.5 Å². The second kappa shape index (κ2) is 5.46.